The highest BCUT2D eigenvalue weighted by atomic mass is 16.7. The summed E-state index contributed by atoms with van der Waals surface area (Å²) in [5.41, 5.74) is 2.20. The van der Waals surface area contributed by atoms with Gasteiger partial charge in [0.1, 0.15) is 0 Å². The third-order valence-electron chi connectivity index (χ3n) is 5.09. The molecule has 0 aliphatic carbocycles. The Morgan fingerprint density at radius 2 is 1.50 bits per heavy atom. The van der Waals surface area contributed by atoms with Crippen molar-refractivity contribution in [3.63, 3.8) is 0 Å². The Kier molecular flexibility index (Phi) is 16.8. The van der Waals surface area contributed by atoms with Crippen LogP contribution in [0.5, 0.6) is 0 Å². The second kappa shape index (κ2) is 19.8. The van der Waals surface area contributed by atoms with Gasteiger partial charge in [-0.2, -0.15) is 5.06 Å². The Labute approximate surface area is 212 Å². The van der Waals surface area contributed by atoms with E-state index in [0.29, 0.717) is 13.2 Å². The molecule has 10 heteroatoms. The van der Waals surface area contributed by atoms with Gasteiger partial charge in [0.05, 0.1) is 6.61 Å². The minimum atomic E-state index is -1.82. The quantitative estimate of drug-likeness (QED) is 0.164. The topological polar surface area (TPSA) is 141 Å². The normalized spacial score (nSPS) is 10.3. The van der Waals surface area contributed by atoms with E-state index in [2.05, 4.69) is 39.7 Å². The first-order chi connectivity index (χ1) is 17.4. The van der Waals surface area contributed by atoms with E-state index < -0.39 is 11.9 Å². The summed E-state index contributed by atoms with van der Waals surface area (Å²) in [6.45, 7) is 5.87. The number of carboxylic acids is 2. The number of hydrogen-bond donors (Lipinski definition) is 4. The van der Waals surface area contributed by atoms with Crippen LogP contribution in [0.15, 0.2) is 54.9 Å². The lowest BCUT2D eigenvalue weighted by atomic mass is 10.1. The number of amides is 2. The Morgan fingerprint density at radius 1 is 0.861 bits per heavy atom. The largest absolute Gasteiger partial charge is 0.473 e. The number of pyridine rings is 1. The third-order valence-corrected chi connectivity index (χ3v) is 5.09. The molecular formula is C26H38N4O6. The molecule has 2 rings (SSSR count). The SMILES string of the molecule is CCN(CCCCCCCCNC(=O)NCc1cccnc1)OCc1ccccc1.O=C(O)C(=O)O. The zero-order chi connectivity index (χ0) is 26.4. The van der Waals surface area contributed by atoms with Gasteiger partial charge < -0.3 is 20.8 Å². The molecule has 10 nitrogen and oxygen atoms in total. The van der Waals surface area contributed by atoms with Crippen LogP contribution in [0.2, 0.25) is 0 Å². The molecule has 4 N–H and O–H groups in total. The lowest BCUT2D eigenvalue weighted by Crippen LogP contribution is -2.35. The lowest BCUT2D eigenvalue weighted by molar-refractivity contribution is -0.167. The molecule has 0 aliphatic heterocycles. The smallest absolute Gasteiger partial charge is 0.414 e. The minimum Gasteiger partial charge on any atom is -0.473 e. The summed E-state index contributed by atoms with van der Waals surface area (Å²) in [6.07, 6.45) is 10.4. The number of carbonyl (C=O) groups is 3. The van der Waals surface area contributed by atoms with Crippen molar-refractivity contribution in [2.45, 2.75) is 58.6 Å². The molecule has 0 spiro atoms. The van der Waals surface area contributed by atoms with Crippen LogP contribution in [0.1, 0.15) is 56.6 Å². The van der Waals surface area contributed by atoms with Crippen LogP contribution in [-0.4, -0.2) is 57.9 Å². The van der Waals surface area contributed by atoms with Gasteiger partial charge in [0.2, 0.25) is 0 Å². The summed E-state index contributed by atoms with van der Waals surface area (Å²) in [5.74, 6) is -3.65. The zero-order valence-corrected chi connectivity index (χ0v) is 20.9. The van der Waals surface area contributed by atoms with E-state index in [4.69, 9.17) is 24.6 Å². The number of unbranched alkanes of at least 4 members (excludes halogenated alkanes) is 5. The molecule has 0 fully saturated rings. The number of rotatable bonds is 15. The van der Waals surface area contributed by atoms with Gasteiger partial charge in [-0.1, -0.05) is 69.0 Å². The maximum Gasteiger partial charge on any atom is 0.414 e. The van der Waals surface area contributed by atoms with Crippen LogP contribution < -0.4 is 10.6 Å². The molecule has 36 heavy (non-hydrogen) atoms. The maximum atomic E-state index is 11.8. The van der Waals surface area contributed by atoms with Crippen molar-refractivity contribution in [2.75, 3.05) is 19.6 Å². The Balaban J connectivity index is 0.000000960. The molecule has 1 aromatic heterocycles. The first-order valence-electron chi connectivity index (χ1n) is 12.2. The molecule has 0 saturated carbocycles. The number of aromatic nitrogens is 1. The molecule has 2 amide bonds. The molecule has 1 heterocycles. The summed E-state index contributed by atoms with van der Waals surface area (Å²) in [5, 5.41) is 22.6. The number of nitrogens with zero attached hydrogens (tertiary/aromatic N) is 2. The van der Waals surface area contributed by atoms with Crippen molar-refractivity contribution < 1.29 is 29.4 Å². The highest BCUT2D eigenvalue weighted by Gasteiger charge is 2.04. The fourth-order valence-electron chi connectivity index (χ4n) is 3.12. The first-order valence-corrected chi connectivity index (χ1v) is 12.2. The predicted molar refractivity (Wildman–Crippen MR) is 136 cm³/mol. The molecule has 0 saturated heterocycles. The number of hydrogen-bond acceptors (Lipinski definition) is 6. The van der Waals surface area contributed by atoms with Crippen LogP contribution in [0, 0.1) is 0 Å². The molecule has 0 aliphatic rings. The molecule has 1 aromatic carbocycles. The van der Waals surface area contributed by atoms with Crippen molar-refractivity contribution in [1.82, 2.24) is 20.7 Å². The van der Waals surface area contributed by atoms with E-state index in [1.54, 1.807) is 12.4 Å². The number of hydroxylamine groups is 2. The maximum absolute atomic E-state index is 11.8. The second-order valence-corrected chi connectivity index (χ2v) is 7.98. The summed E-state index contributed by atoms with van der Waals surface area (Å²) < 4.78 is 0. The van der Waals surface area contributed by atoms with Gasteiger partial charge in [0.15, 0.2) is 0 Å². The monoisotopic (exact) mass is 502 g/mol. The highest BCUT2D eigenvalue weighted by Crippen LogP contribution is 2.08. The molecule has 198 valence electrons. The average molecular weight is 503 g/mol. The van der Waals surface area contributed by atoms with Crippen molar-refractivity contribution in [3.05, 3.63) is 66.0 Å². The Bertz CT molecular complexity index is 855. The Morgan fingerprint density at radius 3 is 2.11 bits per heavy atom. The van der Waals surface area contributed by atoms with Crippen molar-refractivity contribution in [1.29, 1.82) is 0 Å². The van der Waals surface area contributed by atoms with E-state index in [0.717, 1.165) is 44.5 Å². The molecule has 0 radical (unpaired) electrons. The molecule has 0 bridgehead atoms. The van der Waals surface area contributed by atoms with Crippen LogP contribution >= 0.6 is 0 Å². The van der Waals surface area contributed by atoms with Crippen LogP contribution in [0.4, 0.5) is 4.79 Å². The molecule has 0 atom stereocenters. The molecule has 0 unspecified atom stereocenters. The van der Waals surface area contributed by atoms with Gasteiger partial charge in [-0.05, 0) is 30.0 Å². The third kappa shape index (κ3) is 16.2. The van der Waals surface area contributed by atoms with Gasteiger partial charge in [-0.3, -0.25) is 9.82 Å². The highest BCUT2D eigenvalue weighted by molar-refractivity contribution is 6.27. The molecular weight excluding hydrogens is 464 g/mol. The standard InChI is InChI=1S/C24H36N4O2.C2H2O4/c1-2-28(30-21-22-13-8-7-9-14-22)18-11-6-4-3-5-10-17-26-24(29)27-20-23-15-12-16-25-19-23;3-1(4)2(5)6/h7-9,12-16,19H,2-6,10-11,17-18,20-21H2,1H3,(H2,26,27,29);(H,3,4)(H,5,6). The van der Waals surface area contributed by atoms with Gasteiger partial charge >= 0.3 is 18.0 Å². The minimum absolute atomic E-state index is 0.117. The summed E-state index contributed by atoms with van der Waals surface area (Å²) in [4.78, 5) is 39.9. The van der Waals surface area contributed by atoms with Gasteiger partial charge in [0.25, 0.3) is 0 Å². The number of urea groups is 1. The van der Waals surface area contributed by atoms with Crippen LogP contribution in [0.3, 0.4) is 0 Å². The average Bonchev–Trinajstić information content (AvgIpc) is 2.89. The number of carbonyl (C=O) groups excluding carboxylic acids is 1. The van der Waals surface area contributed by atoms with E-state index in [1.807, 2.05) is 30.3 Å². The van der Waals surface area contributed by atoms with Gasteiger partial charge in [0, 0.05) is 38.6 Å². The zero-order valence-electron chi connectivity index (χ0n) is 20.9. The van der Waals surface area contributed by atoms with Crippen molar-refractivity contribution in [2.24, 2.45) is 0 Å². The fraction of sp³-hybridized carbons (Fsp3) is 0.462. The number of carboxylic acid groups (broad SMARTS) is 2. The second-order valence-electron chi connectivity index (χ2n) is 7.98. The molecule has 2 aromatic rings. The Hall–Kier alpha value is -3.50. The van der Waals surface area contributed by atoms with E-state index in [9.17, 15) is 4.79 Å². The number of aliphatic carboxylic acids is 2. The van der Waals surface area contributed by atoms with Crippen LogP contribution in [0.25, 0.3) is 0 Å². The van der Waals surface area contributed by atoms with Gasteiger partial charge in [-0.15, -0.1) is 0 Å². The fourth-order valence-corrected chi connectivity index (χ4v) is 3.12. The number of nitrogens with one attached hydrogen (secondary N) is 2. The van der Waals surface area contributed by atoms with Crippen LogP contribution in [-0.2, 0) is 27.6 Å². The van der Waals surface area contributed by atoms with Crippen molar-refractivity contribution >= 4 is 18.0 Å². The lowest BCUT2D eigenvalue weighted by Gasteiger charge is -2.20. The van der Waals surface area contributed by atoms with E-state index in [1.165, 1.54) is 24.8 Å². The summed E-state index contributed by atoms with van der Waals surface area (Å²) in [7, 11) is 0. The van der Waals surface area contributed by atoms with Crippen molar-refractivity contribution in [3.8, 4) is 0 Å². The summed E-state index contributed by atoms with van der Waals surface area (Å²) >= 11 is 0. The van der Waals surface area contributed by atoms with E-state index >= 15 is 0 Å². The first kappa shape index (κ1) is 30.5. The summed E-state index contributed by atoms with van der Waals surface area (Å²) in [6, 6.07) is 14.0. The van der Waals surface area contributed by atoms with Gasteiger partial charge in [-0.25, -0.2) is 14.4 Å². The predicted octanol–water partition coefficient (Wildman–Crippen LogP) is 3.83. The van der Waals surface area contributed by atoms with E-state index in [-0.39, 0.29) is 6.03 Å². The number of benzene rings is 1.